The highest BCUT2D eigenvalue weighted by atomic mass is 35.5. The minimum atomic E-state index is -0.239. The number of nitrogens with two attached hydrogens (primary N) is 1. The number of ether oxygens (including phenoxy) is 1. The molecule has 2 aromatic carbocycles. The van der Waals surface area contributed by atoms with Crippen molar-refractivity contribution in [3.63, 3.8) is 0 Å². The van der Waals surface area contributed by atoms with E-state index in [9.17, 15) is 4.79 Å². The van der Waals surface area contributed by atoms with Crippen molar-refractivity contribution in [2.45, 2.75) is 6.42 Å². The Balaban J connectivity index is 1.72. The fourth-order valence-electron chi connectivity index (χ4n) is 1.83. The molecule has 0 aliphatic heterocycles. The third-order valence-electron chi connectivity index (χ3n) is 2.90. The van der Waals surface area contributed by atoms with Gasteiger partial charge in [-0.2, -0.15) is 0 Å². The highest BCUT2D eigenvalue weighted by molar-refractivity contribution is 6.31. The fraction of sp³-hybridized carbons (Fsp3) is 0.188. The summed E-state index contributed by atoms with van der Waals surface area (Å²) < 4.78 is 5.36. The van der Waals surface area contributed by atoms with Crippen LogP contribution in [0.1, 0.15) is 5.56 Å². The van der Waals surface area contributed by atoms with Gasteiger partial charge in [-0.25, -0.2) is 0 Å². The van der Waals surface area contributed by atoms with Gasteiger partial charge in [-0.3, -0.25) is 4.79 Å². The molecule has 0 radical (unpaired) electrons. The van der Waals surface area contributed by atoms with Crippen LogP contribution in [0, 0.1) is 0 Å². The lowest BCUT2D eigenvalue weighted by Gasteiger charge is -2.09. The normalized spacial score (nSPS) is 10.3. The first-order valence-electron chi connectivity index (χ1n) is 6.61. The van der Waals surface area contributed by atoms with Crippen molar-refractivity contribution in [1.29, 1.82) is 0 Å². The van der Waals surface area contributed by atoms with E-state index < -0.39 is 0 Å². The van der Waals surface area contributed by atoms with E-state index >= 15 is 0 Å². The Labute approximate surface area is 128 Å². The van der Waals surface area contributed by atoms with Crippen LogP contribution in [0.25, 0.3) is 0 Å². The average molecular weight is 305 g/mol. The second-order valence-electron chi connectivity index (χ2n) is 4.57. The molecule has 0 spiro atoms. The molecular formula is C16H17ClN2O2. The Hall–Kier alpha value is -2.04. The molecular weight excluding hydrogens is 288 g/mol. The number of rotatable bonds is 6. The van der Waals surface area contributed by atoms with Crippen molar-refractivity contribution < 1.29 is 9.53 Å². The van der Waals surface area contributed by atoms with E-state index in [2.05, 4.69) is 5.32 Å². The molecule has 0 aliphatic carbocycles. The molecule has 0 bridgehead atoms. The first kappa shape index (κ1) is 15.4. The van der Waals surface area contributed by atoms with Gasteiger partial charge in [-0.1, -0.05) is 41.9 Å². The first-order valence-corrected chi connectivity index (χ1v) is 6.99. The minimum absolute atomic E-state index is 0.00506. The minimum Gasteiger partial charge on any atom is -0.397 e. The van der Waals surface area contributed by atoms with Crippen molar-refractivity contribution >= 4 is 28.9 Å². The SMILES string of the molecule is Nc1cc(Cl)ccc1NC(=O)COCCc1ccccc1. The van der Waals surface area contributed by atoms with Gasteiger partial charge >= 0.3 is 0 Å². The number of carbonyl (C=O) groups is 1. The zero-order valence-corrected chi connectivity index (χ0v) is 12.3. The van der Waals surface area contributed by atoms with Gasteiger partial charge in [-0.15, -0.1) is 0 Å². The molecule has 1 amide bonds. The highest BCUT2D eigenvalue weighted by Gasteiger charge is 2.06. The van der Waals surface area contributed by atoms with Gasteiger partial charge < -0.3 is 15.8 Å². The molecule has 2 aromatic rings. The lowest BCUT2D eigenvalue weighted by atomic mass is 10.2. The summed E-state index contributed by atoms with van der Waals surface area (Å²) >= 11 is 5.80. The Morgan fingerprint density at radius 3 is 2.67 bits per heavy atom. The quantitative estimate of drug-likeness (QED) is 0.636. The Bertz CT molecular complexity index is 602. The number of carbonyl (C=O) groups excluding carboxylic acids is 1. The van der Waals surface area contributed by atoms with Crippen LogP contribution >= 0.6 is 11.6 Å². The summed E-state index contributed by atoms with van der Waals surface area (Å²) in [4.78, 5) is 11.7. The predicted molar refractivity (Wildman–Crippen MR) is 85.5 cm³/mol. The number of nitrogens with one attached hydrogen (secondary N) is 1. The summed E-state index contributed by atoms with van der Waals surface area (Å²) in [5.41, 5.74) is 7.91. The van der Waals surface area contributed by atoms with Crippen LogP contribution in [0.15, 0.2) is 48.5 Å². The molecule has 0 fully saturated rings. The lowest BCUT2D eigenvalue weighted by Crippen LogP contribution is -2.19. The topological polar surface area (TPSA) is 64.3 Å². The molecule has 21 heavy (non-hydrogen) atoms. The molecule has 0 aliphatic rings. The zero-order chi connectivity index (χ0) is 15.1. The van der Waals surface area contributed by atoms with Gasteiger partial charge in [0.15, 0.2) is 0 Å². The largest absolute Gasteiger partial charge is 0.397 e. The van der Waals surface area contributed by atoms with Gasteiger partial charge in [0.05, 0.1) is 18.0 Å². The number of hydrogen-bond acceptors (Lipinski definition) is 3. The van der Waals surface area contributed by atoms with Crippen molar-refractivity contribution in [1.82, 2.24) is 0 Å². The molecule has 3 N–H and O–H groups in total. The molecule has 0 saturated heterocycles. The van der Waals surface area contributed by atoms with E-state index in [-0.39, 0.29) is 12.5 Å². The molecule has 0 atom stereocenters. The maximum Gasteiger partial charge on any atom is 0.250 e. The molecule has 0 heterocycles. The molecule has 110 valence electrons. The van der Waals surface area contributed by atoms with Gasteiger partial charge in [0.1, 0.15) is 6.61 Å². The first-order chi connectivity index (χ1) is 10.1. The molecule has 0 unspecified atom stereocenters. The summed E-state index contributed by atoms with van der Waals surface area (Å²) in [5.74, 6) is -0.239. The molecule has 0 aromatic heterocycles. The van der Waals surface area contributed by atoms with Gasteiger partial charge in [0.25, 0.3) is 0 Å². The fourth-order valence-corrected chi connectivity index (χ4v) is 2.01. The summed E-state index contributed by atoms with van der Waals surface area (Å²) in [6.07, 6.45) is 0.775. The van der Waals surface area contributed by atoms with E-state index in [0.29, 0.717) is 23.0 Å². The summed E-state index contributed by atoms with van der Waals surface area (Å²) in [7, 11) is 0. The van der Waals surface area contributed by atoms with Gasteiger partial charge in [-0.05, 0) is 30.2 Å². The van der Waals surface area contributed by atoms with Gasteiger partial charge in [0.2, 0.25) is 5.91 Å². The van der Waals surface area contributed by atoms with E-state index in [1.54, 1.807) is 18.2 Å². The lowest BCUT2D eigenvalue weighted by molar-refractivity contribution is -0.120. The second kappa shape index (κ2) is 7.67. The Morgan fingerprint density at radius 1 is 1.19 bits per heavy atom. The van der Waals surface area contributed by atoms with Crippen LogP contribution in [0.3, 0.4) is 0 Å². The summed E-state index contributed by atoms with van der Waals surface area (Å²) in [6, 6.07) is 14.9. The number of amides is 1. The van der Waals surface area contributed by atoms with E-state index in [1.165, 1.54) is 5.56 Å². The maximum absolute atomic E-state index is 11.7. The summed E-state index contributed by atoms with van der Waals surface area (Å²) in [6.45, 7) is 0.489. The highest BCUT2D eigenvalue weighted by Crippen LogP contribution is 2.22. The second-order valence-corrected chi connectivity index (χ2v) is 5.00. The Kier molecular flexibility index (Phi) is 5.60. The van der Waals surface area contributed by atoms with Crippen LogP contribution in [0.5, 0.6) is 0 Å². The average Bonchev–Trinajstić information content (AvgIpc) is 2.48. The number of anilines is 2. The van der Waals surface area contributed by atoms with Crippen LogP contribution in [0.4, 0.5) is 11.4 Å². The van der Waals surface area contributed by atoms with E-state index in [0.717, 1.165) is 6.42 Å². The smallest absolute Gasteiger partial charge is 0.250 e. The van der Waals surface area contributed by atoms with Crippen molar-refractivity contribution in [2.24, 2.45) is 0 Å². The molecule has 4 nitrogen and oxygen atoms in total. The van der Waals surface area contributed by atoms with E-state index in [1.807, 2.05) is 30.3 Å². The number of nitrogen functional groups attached to an aromatic ring is 1. The van der Waals surface area contributed by atoms with Crippen LogP contribution in [-0.4, -0.2) is 19.1 Å². The van der Waals surface area contributed by atoms with Crippen molar-refractivity contribution in [3.8, 4) is 0 Å². The maximum atomic E-state index is 11.7. The van der Waals surface area contributed by atoms with Crippen LogP contribution in [0.2, 0.25) is 5.02 Å². The van der Waals surface area contributed by atoms with Crippen LogP contribution < -0.4 is 11.1 Å². The summed E-state index contributed by atoms with van der Waals surface area (Å²) in [5, 5.41) is 3.22. The molecule has 2 rings (SSSR count). The zero-order valence-electron chi connectivity index (χ0n) is 11.5. The third kappa shape index (κ3) is 5.10. The van der Waals surface area contributed by atoms with Crippen molar-refractivity contribution in [2.75, 3.05) is 24.3 Å². The number of benzene rings is 2. The van der Waals surface area contributed by atoms with Crippen molar-refractivity contribution in [3.05, 3.63) is 59.1 Å². The van der Waals surface area contributed by atoms with Crippen LogP contribution in [-0.2, 0) is 16.0 Å². The Morgan fingerprint density at radius 2 is 1.95 bits per heavy atom. The molecule has 5 heteroatoms. The van der Waals surface area contributed by atoms with E-state index in [4.69, 9.17) is 22.1 Å². The standard InChI is InChI=1S/C16H17ClN2O2/c17-13-6-7-15(14(18)10-13)19-16(20)11-21-9-8-12-4-2-1-3-5-12/h1-7,10H,8-9,11,18H2,(H,19,20). The predicted octanol–water partition coefficient (Wildman–Crippen LogP) is 3.12. The third-order valence-corrected chi connectivity index (χ3v) is 3.13. The monoisotopic (exact) mass is 304 g/mol. The van der Waals surface area contributed by atoms with Gasteiger partial charge in [0, 0.05) is 5.02 Å². The number of halogens is 1. The number of hydrogen-bond donors (Lipinski definition) is 2. The molecule has 0 saturated carbocycles.